The number of likely N-dealkylation sites (tertiary alicyclic amines) is 1. The fraction of sp³-hybridized carbons (Fsp3) is 0.250. The number of fused-ring (bicyclic) bond motifs is 2. The molecule has 0 unspecified atom stereocenters. The van der Waals surface area contributed by atoms with Crippen LogP contribution in [0.2, 0.25) is 0 Å². The van der Waals surface area contributed by atoms with E-state index in [1.807, 2.05) is 53.4 Å². The maximum absolute atomic E-state index is 13.1. The number of pyridine rings is 1. The summed E-state index contributed by atoms with van der Waals surface area (Å²) < 4.78 is 5.51. The Labute approximate surface area is 193 Å². The van der Waals surface area contributed by atoms with Gasteiger partial charge in [0, 0.05) is 24.0 Å². The lowest BCUT2D eigenvalue weighted by atomic mass is 9.99. The van der Waals surface area contributed by atoms with Gasteiger partial charge in [-0.3, -0.25) is 4.79 Å². The van der Waals surface area contributed by atoms with Crippen molar-refractivity contribution >= 4 is 33.6 Å². The van der Waals surface area contributed by atoms with E-state index in [1.54, 1.807) is 6.07 Å². The number of ether oxygens (including phenoxy) is 1. The zero-order chi connectivity index (χ0) is 22.6. The summed E-state index contributed by atoms with van der Waals surface area (Å²) in [6, 6.07) is 23.5. The van der Waals surface area contributed by atoms with E-state index in [-0.39, 0.29) is 12.5 Å². The van der Waals surface area contributed by atoms with E-state index in [4.69, 9.17) is 9.72 Å². The number of rotatable bonds is 4. The highest BCUT2D eigenvalue weighted by molar-refractivity contribution is 6.06. The van der Waals surface area contributed by atoms with Crippen LogP contribution in [-0.2, 0) is 9.53 Å². The van der Waals surface area contributed by atoms with Gasteiger partial charge in [-0.1, -0.05) is 73.5 Å². The third-order valence-electron chi connectivity index (χ3n) is 6.29. The molecular formula is C28H26N2O3. The molecule has 1 aliphatic heterocycles. The van der Waals surface area contributed by atoms with Crippen LogP contribution < -0.4 is 0 Å². The SMILES string of the molecule is O=C(OCC(=O)N1CCCCCC1)c1cc(-c2cccc3ccccc23)nc2ccccc12. The minimum Gasteiger partial charge on any atom is -0.452 e. The van der Waals surface area contributed by atoms with E-state index in [0.29, 0.717) is 22.2 Å². The second kappa shape index (κ2) is 9.41. The Morgan fingerprint density at radius 3 is 2.33 bits per heavy atom. The topological polar surface area (TPSA) is 59.5 Å². The van der Waals surface area contributed by atoms with Crippen LogP contribution in [0.3, 0.4) is 0 Å². The van der Waals surface area contributed by atoms with Gasteiger partial charge in [0.15, 0.2) is 6.61 Å². The first kappa shape index (κ1) is 21.1. The third kappa shape index (κ3) is 4.44. The summed E-state index contributed by atoms with van der Waals surface area (Å²) in [6.07, 6.45) is 4.29. The zero-order valence-corrected chi connectivity index (χ0v) is 18.5. The van der Waals surface area contributed by atoms with Gasteiger partial charge in [-0.2, -0.15) is 0 Å². The molecule has 0 atom stereocenters. The molecule has 1 fully saturated rings. The number of carbonyl (C=O) groups excluding carboxylic acids is 2. The van der Waals surface area contributed by atoms with E-state index in [1.165, 1.54) is 0 Å². The highest BCUT2D eigenvalue weighted by Gasteiger charge is 2.20. The Bertz CT molecular complexity index is 1320. The average molecular weight is 439 g/mol. The molecule has 0 N–H and O–H groups in total. The van der Waals surface area contributed by atoms with Crippen LogP contribution in [0.1, 0.15) is 36.0 Å². The first-order chi connectivity index (χ1) is 16.2. The minimum atomic E-state index is -0.502. The van der Waals surface area contributed by atoms with Crippen LogP contribution in [0.5, 0.6) is 0 Å². The zero-order valence-electron chi connectivity index (χ0n) is 18.5. The molecule has 0 saturated carbocycles. The predicted molar refractivity (Wildman–Crippen MR) is 130 cm³/mol. The van der Waals surface area contributed by atoms with Gasteiger partial charge in [0.1, 0.15) is 0 Å². The maximum Gasteiger partial charge on any atom is 0.339 e. The van der Waals surface area contributed by atoms with Crippen molar-refractivity contribution in [3.63, 3.8) is 0 Å². The van der Waals surface area contributed by atoms with Crippen molar-refractivity contribution in [2.24, 2.45) is 0 Å². The van der Waals surface area contributed by atoms with E-state index >= 15 is 0 Å². The number of para-hydroxylation sites is 1. The summed E-state index contributed by atoms with van der Waals surface area (Å²) >= 11 is 0. The van der Waals surface area contributed by atoms with Gasteiger partial charge < -0.3 is 9.64 Å². The first-order valence-electron chi connectivity index (χ1n) is 11.5. The summed E-state index contributed by atoms with van der Waals surface area (Å²) in [5, 5.41) is 2.89. The Kier molecular flexibility index (Phi) is 6.03. The van der Waals surface area contributed by atoms with Crippen molar-refractivity contribution in [2.75, 3.05) is 19.7 Å². The quantitative estimate of drug-likeness (QED) is 0.388. The lowest BCUT2D eigenvalue weighted by Gasteiger charge is -2.20. The van der Waals surface area contributed by atoms with E-state index in [0.717, 1.165) is 55.1 Å². The molecule has 5 heteroatoms. The van der Waals surface area contributed by atoms with Crippen LogP contribution in [0, 0.1) is 0 Å². The van der Waals surface area contributed by atoms with E-state index < -0.39 is 5.97 Å². The smallest absolute Gasteiger partial charge is 0.339 e. The number of carbonyl (C=O) groups is 2. The lowest BCUT2D eigenvalue weighted by Crippen LogP contribution is -2.35. The van der Waals surface area contributed by atoms with Crippen LogP contribution >= 0.6 is 0 Å². The summed E-state index contributed by atoms with van der Waals surface area (Å²) in [5.41, 5.74) is 2.80. The Morgan fingerprint density at radius 2 is 1.52 bits per heavy atom. The molecule has 5 rings (SSSR count). The molecule has 1 aromatic heterocycles. The van der Waals surface area contributed by atoms with Gasteiger partial charge in [0.05, 0.1) is 16.8 Å². The van der Waals surface area contributed by atoms with Crippen molar-refractivity contribution in [2.45, 2.75) is 25.7 Å². The molecule has 166 valence electrons. The number of aromatic nitrogens is 1. The maximum atomic E-state index is 13.1. The normalized spacial score (nSPS) is 14.2. The number of esters is 1. The molecule has 1 aliphatic rings. The molecule has 3 aromatic carbocycles. The molecule has 33 heavy (non-hydrogen) atoms. The molecular weight excluding hydrogens is 412 g/mol. The molecule has 0 spiro atoms. The Balaban J connectivity index is 1.47. The van der Waals surface area contributed by atoms with Crippen molar-refractivity contribution < 1.29 is 14.3 Å². The molecule has 0 aliphatic carbocycles. The van der Waals surface area contributed by atoms with Gasteiger partial charge in [0.25, 0.3) is 5.91 Å². The summed E-state index contributed by atoms with van der Waals surface area (Å²) in [4.78, 5) is 32.4. The molecule has 0 bridgehead atoms. The monoisotopic (exact) mass is 438 g/mol. The molecule has 2 heterocycles. The second-order valence-electron chi connectivity index (χ2n) is 8.47. The number of amides is 1. The van der Waals surface area contributed by atoms with Crippen LogP contribution in [0.25, 0.3) is 32.9 Å². The summed E-state index contributed by atoms with van der Waals surface area (Å²) in [7, 11) is 0. The number of benzene rings is 3. The minimum absolute atomic E-state index is 0.127. The van der Waals surface area contributed by atoms with E-state index in [2.05, 4.69) is 18.2 Å². The fourth-order valence-corrected chi connectivity index (χ4v) is 4.55. The predicted octanol–water partition coefficient (Wildman–Crippen LogP) is 5.61. The average Bonchev–Trinajstić information content (AvgIpc) is 3.16. The molecule has 1 amide bonds. The number of hydrogen-bond acceptors (Lipinski definition) is 4. The van der Waals surface area contributed by atoms with Gasteiger partial charge in [-0.05, 0) is 35.7 Å². The summed E-state index contributed by atoms with van der Waals surface area (Å²) in [6.45, 7) is 1.23. The van der Waals surface area contributed by atoms with Crippen LogP contribution in [-0.4, -0.2) is 41.5 Å². The van der Waals surface area contributed by atoms with Crippen molar-refractivity contribution in [1.82, 2.24) is 9.88 Å². The molecule has 1 saturated heterocycles. The molecule has 0 radical (unpaired) electrons. The standard InChI is InChI=1S/C28H26N2O3/c31-27(30-16-7-1-2-8-17-30)19-33-28(32)24-18-26(29-25-15-6-5-13-23(24)25)22-14-9-11-20-10-3-4-12-21(20)22/h3-6,9-15,18H,1-2,7-8,16-17,19H2. The molecule has 5 nitrogen and oxygen atoms in total. The van der Waals surface area contributed by atoms with Gasteiger partial charge in [-0.15, -0.1) is 0 Å². The van der Waals surface area contributed by atoms with Crippen LogP contribution in [0.15, 0.2) is 72.8 Å². The summed E-state index contributed by atoms with van der Waals surface area (Å²) in [5.74, 6) is -0.629. The second-order valence-corrected chi connectivity index (χ2v) is 8.47. The van der Waals surface area contributed by atoms with Crippen molar-refractivity contribution in [1.29, 1.82) is 0 Å². The van der Waals surface area contributed by atoms with Crippen LogP contribution in [0.4, 0.5) is 0 Å². The molecule has 4 aromatic rings. The fourth-order valence-electron chi connectivity index (χ4n) is 4.55. The third-order valence-corrected chi connectivity index (χ3v) is 6.29. The van der Waals surface area contributed by atoms with Crippen molar-refractivity contribution in [3.8, 4) is 11.3 Å². The lowest BCUT2D eigenvalue weighted by molar-refractivity contribution is -0.134. The van der Waals surface area contributed by atoms with E-state index in [9.17, 15) is 9.59 Å². The van der Waals surface area contributed by atoms with Crippen molar-refractivity contribution in [3.05, 3.63) is 78.4 Å². The largest absolute Gasteiger partial charge is 0.452 e. The highest BCUT2D eigenvalue weighted by Crippen LogP contribution is 2.30. The highest BCUT2D eigenvalue weighted by atomic mass is 16.5. The first-order valence-corrected chi connectivity index (χ1v) is 11.5. The Hall–Kier alpha value is -3.73. The Morgan fingerprint density at radius 1 is 0.818 bits per heavy atom. The van der Waals surface area contributed by atoms with Gasteiger partial charge >= 0.3 is 5.97 Å². The number of nitrogens with zero attached hydrogens (tertiary/aromatic N) is 2. The van der Waals surface area contributed by atoms with Gasteiger partial charge in [-0.25, -0.2) is 9.78 Å². The van der Waals surface area contributed by atoms with Gasteiger partial charge in [0.2, 0.25) is 0 Å². The number of hydrogen-bond donors (Lipinski definition) is 0.